The van der Waals surface area contributed by atoms with Crippen molar-refractivity contribution in [3.63, 3.8) is 0 Å². The van der Waals surface area contributed by atoms with E-state index in [0.717, 1.165) is 13.0 Å². The second-order valence-electron chi connectivity index (χ2n) is 1.98. The maximum atomic E-state index is 6.88. The minimum Gasteiger partial charge on any atom is -0.365 e. The number of rotatable bonds is 4. The summed E-state index contributed by atoms with van der Waals surface area (Å²) in [4.78, 5) is 0. The Labute approximate surface area is 62.0 Å². The second kappa shape index (κ2) is 5.95. The van der Waals surface area contributed by atoms with E-state index in [1.807, 2.05) is 0 Å². The molecule has 0 fully saturated rings. The van der Waals surface area contributed by atoms with Crippen LogP contribution in [-0.4, -0.2) is 11.7 Å². The van der Waals surface area contributed by atoms with Crippen molar-refractivity contribution in [2.75, 3.05) is 6.54 Å². The Balaban J connectivity index is 2.83. The summed E-state index contributed by atoms with van der Waals surface area (Å²) in [7, 11) is 0. The Morgan fingerprint density at radius 3 is 2.67 bits per heavy atom. The van der Waals surface area contributed by atoms with Gasteiger partial charge in [0.1, 0.15) is 0 Å². The average Bonchev–Trinajstić information content (AvgIpc) is 1.80. The Hall–Kier alpha value is -0.180. The molecule has 0 atom stereocenters. The summed E-state index contributed by atoms with van der Waals surface area (Å²) in [6.45, 7) is 3.04. The molecule has 0 aromatic rings. The Morgan fingerprint density at radius 1 is 1.56 bits per heavy atom. The van der Waals surface area contributed by atoms with Crippen molar-refractivity contribution in [3.05, 3.63) is 0 Å². The van der Waals surface area contributed by atoms with E-state index in [1.54, 1.807) is 0 Å². The van der Waals surface area contributed by atoms with Gasteiger partial charge in [-0.1, -0.05) is 19.8 Å². The zero-order chi connectivity index (χ0) is 7.11. The molecule has 0 aliphatic rings. The fourth-order valence-electron chi connectivity index (χ4n) is 0.582. The van der Waals surface area contributed by atoms with E-state index < -0.39 is 0 Å². The first-order chi connectivity index (χ1) is 4.27. The first-order valence-electron chi connectivity index (χ1n) is 3.28. The lowest BCUT2D eigenvalue weighted by Crippen LogP contribution is -2.18. The van der Waals surface area contributed by atoms with E-state index in [9.17, 15) is 0 Å². The normalized spacial score (nSPS) is 9.11. The highest BCUT2D eigenvalue weighted by Gasteiger charge is 1.85. The summed E-state index contributed by atoms with van der Waals surface area (Å²) >= 11 is 3.77. The van der Waals surface area contributed by atoms with Crippen molar-refractivity contribution in [1.82, 2.24) is 5.32 Å². The lowest BCUT2D eigenvalue weighted by atomic mass is 10.2. The SMILES string of the molecule is CCCCCNC(=N)S. The molecule has 0 aliphatic heterocycles. The highest BCUT2D eigenvalue weighted by atomic mass is 32.1. The molecule has 0 spiro atoms. The van der Waals surface area contributed by atoms with Crippen LogP contribution in [0.3, 0.4) is 0 Å². The number of nitrogens with one attached hydrogen (secondary N) is 2. The molecule has 0 aromatic carbocycles. The molecule has 9 heavy (non-hydrogen) atoms. The van der Waals surface area contributed by atoms with E-state index in [-0.39, 0.29) is 5.17 Å². The van der Waals surface area contributed by atoms with Gasteiger partial charge in [0.2, 0.25) is 0 Å². The molecule has 2 nitrogen and oxygen atoms in total. The lowest BCUT2D eigenvalue weighted by Gasteiger charge is -1.99. The van der Waals surface area contributed by atoms with E-state index in [1.165, 1.54) is 12.8 Å². The Bertz CT molecular complexity index is 83.1. The molecule has 3 heteroatoms. The smallest absolute Gasteiger partial charge is 0.150 e. The first kappa shape index (κ1) is 8.82. The third-order valence-electron chi connectivity index (χ3n) is 1.07. The van der Waals surface area contributed by atoms with E-state index in [0.29, 0.717) is 0 Å². The molecule has 0 amide bonds. The van der Waals surface area contributed by atoms with E-state index in [4.69, 9.17) is 5.41 Å². The van der Waals surface area contributed by atoms with Gasteiger partial charge in [-0.25, -0.2) is 0 Å². The van der Waals surface area contributed by atoms with Gasteiger partial charge in [0.25, 0.3) is 0 Å². The van der Waals surface area contributed by atoms with Crippen LogP contribution < -0.4 is 5.32 Å². The highest BCUT2D eigenvalue weighted by molar-refractivity contribution is 7.96. The average molecular weight is 146 g/mol. The summed E-state index contributed by atoms with van der Waals surface area (Å²) in [6.07, 6.45) is 3.59. The number of unbranched alkanes of at least 4 members (excludes halogenated alkanes) is 2. The third-order valence-corrected chi connectivity index (χ3v) is 1.23. The molecular weight excluding hydrogens is 132 g/mol. The summed E-state index contributed by atoms with van der Waals surface area (Å²) in [5, 5.41) is 9.98. The fourth-order valence-corrected chi connectivity index (χ4v) is 0.694. The third kappa shape index (κ3) is 7.82. The second-order valence-corrected chi connectivity index (χ2v) is 2.43. The maximum absolute atomic E-state index is 6.88. The van der Waals surface area contributed by atoms with Crippen LogP contribution in [0.2, 0.25) is 0 Å². The van der Waals surface area contributed by atoms with Crippen molar-refractivity contribution in [2.45, 2.75) is 26.2 Å². The summed E-state index contributed by atoms with van der Waals surface area (Å²) in [6, 6.07) is 0. The summed E-state index contributed by atoms with van der Waals surface area (Å²) < 4.78 is 0. The molecule has 0 aromatic heterocycles. The summed E-state index contributed by atoms with van der Waals surface area (Å²) in [5.74, 6) is 0. The number of thiol groups is 1. The van der Waals surface area contributed by atoms with E-state index in [2.05, 4.69) is 24.9 Å². The predicted molar refractivity (Wildman–Crippen MR) is 44.2 cm³/mol. The Morgan fingerprint density at radius 2 is 2.22 bits per heavy atom. The molecule has 0 saturated carbocycles. The topological polar surface area (TPSA) is 35.9 Å². The van der Waals surface area contributed by atoms with Gasteiger partial charge >= 0.3 is 0 Å². The number of amidine groups is 1. The van der Waals surface area contributed by atoms with Crippen LogP contribution in [0.4, 0.5) is 0 Å². The first-order valence-corrected chi connectivity index (χ1v) is 3.73. The van der Waals surface area contributed by atoms with Crippen molar-refractivity contribution in [2.24, 2.45) is 0 Å². The quantitative estimate of drug-likeness (QED) is 0.240. The van der Waals surface area contributed by atoms with Gasteiger partial charge in [0.05, 0.1) is 0 Å². The van der Waals surface area contributed by atoms with Gasteiger partial charge in [-0.05, 0) is 6.42 Å². The van der Waals surface area contributed by atoms with Crippen LogP contribution in [-0.2, 0) is 0 Å². The molecule has 54 valence electrons. The van der Waals surface area contributed by atoms with Gasteiger partial charge < -0.3 is 5.32 Å². The van der Waals surface area contributed by atoms with Gasteiger partial charge in [-0.15, -0.1) is 12.6 Å². The van der Waals surface area contributed by atoms with Crippen LogP contribution in [0.1, 0.15) is 26.2 Å². The minimum absolute atomic E-state index is 0.270. The van der Waals surface area contributed by atoms with Crippen molar-refractivity contribution in [3.8, 4) is 0 Å². The molecule has 0 rings (SSSR count). The van der Waals surface area contributed by atoms with Crippen molar-refractivity contribution in [1.29, 1.82) is 5.41 Å². The zero-order valence-corrected chi connectivity index (χ0v) is 6.67. The van der Waals surface area contributed by atoms with Crippen LogP contribution in [0.25, 0.3) is 0 Å². The van der Waals surface area contributed by atoms with Gasteiger partial charge in [-0.3, -0.25) is 5.41 Å². The molecular formula is C6H14N2S. The molecule has 0 bridgehead atoms. The van der Waals surface area contributed by atoms with E-state index >= 15 is 0 Å². The molecule has 0 unspecified atom stereocenters. The Kier molecular flexibility index (Phi) is 5.83. The van der Waals surface area contributed by atoms with Crippen LogP contribution in [0.15, 0.2) is 0 Å². The zero-order valence-electron chi connectivity index (χ0n) is 5.78. The molecule has 0 aliphatic carbocycles. The van der Waals surface area contributed by atoms with Crippen LogP contribution in [0.5, 0.6) is 0 Å². The minimum atomic E-state index is 0.270. The number of hydrogen-bond acceptors (Lipinski definition) is 1. The van der Waals surface area contributed by atoms with Gasteiger partial charge in [0, 0.05) is 6.54 Å². The standard InChI is InChI=1S/C6H14N2S/c1-2-3-4-5-8-6(7)9/h2-5H2,1H3,(H3,7,8,9). The van der Waals surface area contributed by atoms with Gasteiger partial charge in [-0.2, -0.15) is 0 Å². The fraction of sp³-hybridized carbons (Fsp3) is 0.833. The van der Waals surface area contributed by atoms with Crippen molar-refractivity contribution >= 4 is 17.8 Å². The van der Waals surface area contributed by atoms with Crippen LogP contribution in [0, 0.1) is 5.41 Å². The lowest BCUT2D eigenvalue weighted by molar-refractivity contribution is 0.697. The highest BCUT2D eigenvalue weighted by Crippen LogP contribution is 1.90. The molecule has 2 N–H and O–H groups in total. The maximum Gasteiger partial charge on any atom is 0.150 e. The largest absolute Gasteiger partial charge is 0.365 e. The molecule has 0 radical (unpaired) electrons. The molecule has 0 heterocycles. The van der Waals surface area contributed by atoms with Crippen LogP contribution >= 0.6 is 12.6 Å². The monoisotopic (exact) mass is 146 g/mol. The summed E-state index contributed by atoms with van der Waals surface area (Å²) in [5.41, 5.74) is 0. The number of hydrogen-bond donors (Lipinski definition) is 3. The predicted octanol–water partition coefficient (Wildman–Crippen LogP) is 1.63. The van der Waals surface area contributed by atoms with Crippen molar-refractivity contribution < 1.29 is 0 Å². The molecule has 0 saturated heterocycles. The van der Waals surface area contributed by atoms with Gasteiger partial charge in [0.15, 0.2) is 5.17 Å².